The van der Waals surface area contributed by atoms with Crippen LogP contribution in [0.4, 0.5) is 0 Å². The van der Waals surface area contributed by atoms with Crippen LogP contribution in [0.25, 0.3) is 0 Å². The lowest BCUT2D eigenvalue weighted by atomic mass is 10.2. The van der Waals surface area contributed by atoms with Crippen molar-refractivity contribution in [3.05, 3.63) is 0 Å². The van der Waals surface area contributed by atoms with Gasteiger partial charge in [-0.3, -0.25) is 0 Å². The molecule has 0 aliphatic heterocycles. The number of rotatable bonds is 8. The zero-order valence-corrected chi connectivity index (χ0v) is 9.49. The maximum absolute atomic E-state index is 8.51. The third-order valence-electron chi connectivity index (χ3n) is 1.87. The van der Waals surface area contributed by atoms with Crippen LogP contribution in [0.1, 0.15) is 26.2 Å². The van der Waals surface area contributed by atoms with Crippen molar-refractivity contribution in [3.8, 4) is 6.07 Å². The molecule has 0 bridgehead atoms. The molecule has 76 valence electrons. The Morgan fingerprint density at radius 3 is 2.77 bits per heavy atom. The van der Waals surface area contributed by atoms with Crippen LogP contribution < -0.4 is 5.32 Å². The highest BCUT2D eigenvalue weighted by Crippen LogP contribution is 2.01. The number of nitriles is 1. The smallest absolute Gasteiger partial charge is 0.0666 e. The highest BCUT2D eigenvalue weighted by Gasteiger charge is 1.96. The summed E-state index contributed by atoms with van der Waals surface area (Å²) >= 11 is 1.91. The van der Waals surface area contributed by atoms with Crippen LogP contribution in [0, 0.1) is 17.2 Å². The van der Waals surface area contributed by atoms with Crippen molar-refractivity contribution in [1.82, 2.24) is 5.32 Å². The predicted octanol–water partition coefficient (Wildman–Crippen LogP) is 2.27. The summed E-state index contributed by atoms with van der Waals surface area (Å²) in [5, 5.41) is 11.8. The molecule has 0 fully saturated rings. The van der Waals surface area contributed by atoms with Crippen LogP contribution in [0.5, 0.6) is 0 Å². The van der Waals surface area contributed by atoms with Crippen LogP contribution >= 0.6 is 11.8 Å². The second-order valence-electron chi connectivity index (χ2n) is 3.29. The first kappa shape index (κ1) is 12.8. The minimum atomic E-state index is 0.145. The van der Waals surface area contributed by atoms with Gasteiger partial charge in [-0.2, -0.15) is 17.0 Å². The molecular weight excluding hydrogens is 180 g/mol. The molecular formula is C10H20N2S. The highest BCUT2D eigenvalue weighted by molar-refractivity contribution is 7.98. The molecule has 0 spiro atoms. The average molecular weight is 200 g/mol. The minimum absolute atomic E-state index is 0.145. The van der Waals surface area contributed by atoms with Crippen molar-refractivity contribution in [2.75, 3.05) is 25.1 Å². The molecule has 13 heavy (non-hydrogen) atoms. The summed E-state index contributed by atoms with van der Waals surface area (Å²) in [5.41, 5.74) is 0. The molecule has 0 radical (unpaired) electrons. The molecule has 0 aliphatic carbocycles. The summed E-state index contributed by atoms with van der Waals surface area (Å²) in [6, 6.07) is 2.21. The molecule has 1 N–H and O–H groups in total. The number of nitrogens with zero attached hydrogens (tertiary/aromatic N) is 1. The molecule has 1 atom stereocenters. The van der Waals surface area contributed by atoms with Gasteiger partial charge in [0.05, 0.1) is 12.0 Å². The standard InChI is InChI=1S/C10H20N2S/c1-10(8-11)9-12-6-4-3-5-7-13-2/h10,12H,3-7,9H2,1-2H3. The van der Waals surface area contributed by atoms with Gasteiger partial charge in [-0.1, -0.05) is 6.42 Å². The third-order valence-corrected chi connectivity index (χ3v) is 2.57. The molecule has 1 unspecified atom stereocenters. The van der Waals surface area contributed by atoms with Crippen LogP contribution in [-0.2, 0) is 0 Å². The van der Waals surface area contributed by atoms with E-state index in [-0.39, 0.29) is 5.92 Å². The Hall–Kier alpha value is -0.200. The SMILES string of the molecule is CSCCCCCNCC(C)C#N. The van der Waals surface area contributed by atoms with Gasteiger partial charge in [0, 0.05) is 6.54 Å². The van der Waals surface area contributed by atoms with Gasteiger partial charge in [0.1, 0.15) is 0 Å². The van der Waals surface area contributed by atoms with E-state index in [4.69, 9.17) is 5.26 Å². The number of hydrogen-bond acceptors (Lipinski definition) is 3. The van der Waals surface area contributed by atoms with E-state index in [1.807, 2.05) is 18.7 Å². The Morgan fingerprint density at radius 1 is 1.38 bits per heavy atom. The normalized spacial score (nSPS) is 12.4. The molecule has 0 saturated heterocycles. The molecule has 3 heteroatoms. The Balaban J connectivity index is 2.96. The van der Waals surface area contributed by atoms with E-state index in [0.717, 1.165) is 13.1 Å². The molecule has 0 aromatic carbocycles. The quantitative estimate of drug-likeness (QED) is 0.611. The largest absolute Gasteiger partial charge is 0.315 e. The third kappa shape index (κ3) is 9.72. The van der Waals surface area contributed by atoms with Gasteiger partial charge in [0.2, 0.25) is 0 Å². The zero-order valence-electron chi connectivity index (χ0n) is 8.68. The van der Waals surface area contributed by atoms with E-state index in [2.05, 4.69) is 17.6 Å². The second kappa shape index (κ2) is 9.88. The lowest BCUT2D eigenvalue weighted by molar-refractivity contribution is 0.570. The monoisotopic (exact) mass is 200 g/mol. The molecule has 0 aliphatic rings. The number of hydrogen-bond donors (Lipinski definition) is 1. The average Bonchev–Trinajstić information content (AvgIpc) is 2.16. The van der Waals surface area contributed by atoms with Gasteiger partial charge >= 0.3 is 0 Å². The summed E-state index contributed by atoms with van der Waals surface area (Å²) < 4.78 is 0. The van der Waals surface area contributed by atoms with E-state index in [1.165, 1.54) is 25.0 Å². The minimum Gasteiger partial charge on any atom is -0.315 e. The number of unbranched alkanes of at least 4 members (excludes halogenated alkanes) is 2. The first-order valence-corrected chi connectivity index (χ1v) is 6.30. The van der Waals surface area contributed by atoms with Crippen LogP contribution in [0.2, 0.25) is 0 Å². The molecule has 0 heterocycles. The van der Waals surface area contributed by atoms with Crippen LogP contribution in [0.3, 0.4) is 0 Å². The summed E-state index contributed by atoms with van der Waals surface area (Å²) in [6.45, 7) is 3.83. The van der Waals surface area contributed by atoms with E-state index in [9.17, 15) is 0 Å². The van der Waals surface area contributed by atoms with Crippen molar-refractivity contribution in [3.63, 3.8) is 0 Å². The summed E-state index contributed by atoms with van der Waals surface area (Å²) in [7, 11) is 0. The molecule has 0 rings (SSSR count). The maximum Gasteiger partial charge on any atom is 0.0666 e. The van der Waals surface area contributed by atoms with Crippen LogP contribution in [-0.4, -0.2) is 25.1 Å². The van der Waals surface area contributed by atoms with Crippen molar-refractivity contribution in [2.24, 2.45) is 5.92 Å². The summed E-state index contributed by atoms with van der Waals surface area (Å²) in [6.07, 6.45) is 6.00. The fraction of sp³-hybridized carbons (Fsp3) is 0.900. The van der Waals surface area contributed by atoms with Gasteiger partial charge in [-0.25, -0.2) is 0 Å². The topological polar surface area (TPSA) is 35.8 Å². The van der Waals surface area contributed by atoms with E-state index in [0.29, 0.717) is 0 Å². The maximum atomic E-state index is 8.51. The fourth-order valence-electron chi connectivity index (χ4n) is 1.04. The first-order chi connectivity index (χ1) is 6.31. The lowest BCUT2D eigenvalue weighted by Crippen LogP contribution is -2.21. The van der Waals surface area contributed by atoms with Crippen molar-refractivity contribution < 1.29 is 0 Å². The number of nitrogens with one attached hydrogen (secondary N) is 1. The van der Waals surface area contributed by atoms with Gasteiger partial charge in [-0.05, 0) is 38.3 Å². The Bertz CT molecular complexity index is 142. The Morgan fingerprint density at radius 2 is 2.15 bits per heavy atom. The predicted molar refractivity (Wildman–Crippen MR) is 59.9 cm³/mol. The Kier molecular flexibility index (Phi) is 9.73. The van der Waals surface area contributed by atoms with Gasteiger partial charge in [0.15, 0.2) is 0 Å². The van der Waals surface area contributed by atoms with E-state index < -0.39 is 0 Å². The van der Waals surface area contributed by atoms with Crippen molar-refractivity contribution >= 4 is 11.8 Å². The second-order valence-corrected chi connectivity index (χ2v) is 4.27. The molecule has 0 amide bonds. The van der Waals surface area contributed by atoms with Gasteiger partial charge < -0.3 is 5.32 Å². The molecule has 0 saturated carbocycles. The first-order valence-electron chi connectivity index (χ1n) is 4.90. The lowest BCUT2D eigenvalue weighted by Gasteiger charge is -2.04. The molecule has 0 aromatic heterocycles. The molecule has 2 nitrogen and oxygen atoms in total. The summed E-state index contributed by atoms with van der Waals surface area (Å²) in [4.78, 5) is 0. The van der Waals surface area contributed by atoms with Crippen molar-refractivity contribution in [1.29, 1.82) is 5.26 Å². The van der Waals surface area contributed by atoms with E-state index >= 15 is 0 Å². The summed E-state index contributed by atoms with van der Waals surface area (Å²) in [5.74, 6) is 1.42. The van der Waals surface area contributed by atoms with Gasteiger partial charge in [0.25, 0.3) is 0 Å². The van der Waals surface area contributed by atoms with E-state index in [1.54, 1.807) is 0 Å². The van der Waals surface area contributed by atoms with Crippen LogP contribution in [0.15, 0.2) is 0 Å². The van der Waals surface area contributed by atoms with Crippen molar-refractivity contribution in [2.45, 2.75) is 26.2 Å². The molecule has 0 aromatic rings. The highest BCUT2D eigenvalue weighted by atomic mass is 32.2. The zero-order chi connectivity index (χ0) is 9.94. The fourth-order valence-corrected chi connectivity index (χ4v) is 1.53. The Labute approximate surface area is 86.1 Å². The van der Waals surface area contributed by atoms with Gasteiger partial charge in [-0.15, -0.1) is 0 Å². The number of thioether (sulfide) groups is 1.